The zero-order chi connectivity index (χ0) is 13.9. The molecule has 0 aliphatic carbocycles. The smallest absolute Gasteiger partial charge is 0.125 e. The Labute approximate surface area is 117 Å². The molecule has 0 radical (unpaired) electrons. The van der Waals surface area contributed by atoms with Crippen molar-refractivity contribution in [2.45, 2.75) is 6.54 Å². The highest BCUT2D eigenvalue weighted by molar-refractivity contribution is 5.67. The SMILES string of the molecule is Nc1cc(F)ccc1N1CCN(Cc2ccco2)CC1. The van der Waals surface area contributed by atoms with Gasteiger partial charge in [-0.25, -0.2) is 4.39 Å². The minimum absolute atomic E-state index is 0.289. The summed E-state index contributed by atoms with van der Waals surface area (Å²) in [5, 5.41) is 0. The third kappa shape index (κ3) is 2.77. The van der Waals surface area contributed by atoms with Crippen molar-refractivity contribution < 1.29 is 8.81 Å². The predicted octanol–water partition coefficient (Wildman–Crippen LogP) is 2.32. The normalized spacial score (nSPS) is 16.6. The van der Waals surface area contributed by atoms with Crippen LogP contribution in [-0.4, -0.2) is 31.1 Å². The van der Waals surface area contributed by atoms with E-state index in [4.69, 9.17) is 10.2 Å². The molecule has 1 saturated heterocycles. The van der Waals surface area contributed by atoms with E-state index < -0.39 is 0 Å². The number of hydrogen-bond donors (Lipinski definition) is 1. The van der Waals surface area contributed by atoms with Gasteiger partial charge in [-0.1, -0.05) is 0 Å². The molecule has 3 rings (SSSR count). The van der Waals surface area contributed by atoms with E-state index in [1.807, 2.05) is 12.1 Å². The number of halogens is 1. The van der Waals surface area contributed by atoms with Gasteiger partial charge in [-0.05, 0) is 30.3 Å². The molecule has 5 heteroatoms. The molecule has 1 aromatic heterocycles. The first kappa shape index (κ1) is 13.0. The minimum atomic E-state index is -0.289. The molecule has 0 saturated carbocycles. The maximum Gasteiger partial charge on any atom is 0.125 e. The molecular formula is C15H18FN3O. The summed E-state index contributed by atoms with van der Waals surface area (Å²) in [6.07, 6.45) is 1.70. The molecule has 106 valence electrons. The monoisotopic (exact) mass is 275 g/mol. The fourth-order valence-electron chi connectivity index (χ4n) is 2.58. The summed E-state index contributed by atoms with van der Waals surface area (Å²) in [6.45, 7) is 4.49. The van der Waals surface area contributed by atoms with Crippen LogP contribution >= 0.6 is 0 Å². The van der Waals surface area contributed by atoms with Crippen LogP contribution in [0.4, 0.5) is 15.8 Å². The molecule has 0 spiro atoms. The lowest BCUT2D eigenvalue weighted by atomic mass is 10.2. The molecule has 0 atom stereocenters. The molecule has 20 heavy (non-hydrogen) atoms. The zero-order valence-corrected chi connectivity index (χ0v) is 11.3. The summed E-state index contributed by atoms with van der Waals surface area (Å²) >= 11 is 0. The van der Waals surface area contributed by atoms with Crippen LogP contribution < -0.4 is 10.6 Å². The van der Waals surface area contributed by atoms with Crippen LogP contribution in [0.15, 0.2) is 41.0 Å². The predicted molar refractivity (Wildman–Crippen MR) is 77.0 cm³/mol. The zero-order valence-electron chi connectivity index (χ0n) is 11.3. The number of rotatable bonds is 3. The van der Waals surface area contributed by atoms with Crippen molar-refractivity contribution in [2.75, 3.05) is 36.8 Å². The maximum atomic E-state index is 13.1. The number of nitrogens with zero attached hydrogens (tertiary/aromatic N) is 2. The molecule has 1 aliphatic rings. The molecule has 1 aliphatic heterocycles. The summed E-state index contributed by atoms with van der Waals surface area (Å²) in [7, 11) is 0. The van der Waals surface area contributed by atoms with Gasteiger partial charge in [0.1, 0.15) is 11.6 Å². The van der Waals surface area contributed by atoms with E-state index in [2.05, 4.69) is 9.80 Å². The van der Waals surface area contributed by atoms with Gasteiger partial charge in [-0.15, -0.1) is 0 Å². The van der Waals surface area contributed by atoms with Crippen molar-refractivity contribution in [3.8, 4) is 0 Å². The highest BCUT2D eigenvalue weighted by atomic mass is 19.1. The summed E-state index contributed by atoms with van der Waals surface area (Å²) in [4.78, 5) is 4.54. The van der Waals surface area contributed by atoms with E-state index >= 15 is 0 Å². The number of hydrogen-bond acceptors (Lipinski definition) is 4. The Hall–Kier alpha value is -2.01. The lowest BCUT2D eigenvalue weighted by Gasteiger charge is -2.36. The molecule has 0 unspecified atom stereocenters. The van der Waals surface area contributed by atoms with Crippen molar-refractivity contribution in [3.63, 3.8) is 0 Å². The Morgan fingerprint density at radius 1 is 1.15 bits per heavy atom. The highest BCUT2D eigenvalue weighted by Gasteiger charge is 2.19. The molecule has 2 aromatic rings. The third-order valence-corrected chi connectivity index (χ3v) is 3.66. The van der Waals surface area contributed by atoms with E-state index in [-0.39, 0.29) is 5.82 Å². The lowest BCUT2D eigenvalue weighted by Crippen LogP contribution is -2.46. The first-order valence-corrected chi connectivity index (χ1v) is 6.77. The molecule has 0 amide bonds. The van der Waals surface area contributed by atoms with E-state index in [0.29, 0.717) is 5.69 Å². The second kappa shape index (κ2) is 5.54. The van der Waals surface area contributed by atoms with Gasteiger partial charge >= 0.3 is 0 Å². The third-order valence-electron chi connectivity index (χ3n) is 3.66. The van der Waals surface area contributed by atoms with Gasteiger partial charge < -0.3 is 15.1 Å². The van der Waals surface area contributed by atoms with Crippen LogP contribution in [0.1, 0.15) is 5.76 Å². The molecule has 4 nitrogen and oxygen atoms in total. The number of furan rings is 1. The Morgan fingerprint density at radius 3 is 2.60 bits per heavy atom. The highest BCUT2D eigenvalue weighted by Crippen LogP contribution is 2.25. The first-order valence-electron chi connectivity index (χ1n) is 6.77. The van der Waals surface area contributed by atoms with Crippen molar-refractivity contribution in [3.05, 3.63) is 48.2 Å². The topological polar surface area (TPSA) is 45.6 Å². The molecule has 1 aromatic carbocycles. The Kier molecular flexibility index (Phi) is 3.60. The van der Waals surface area contributed by atoms with Crippen molar-refractivity contribution >= 4 is 11.4 Å². The maximum absolute atomic E-state index is 13.1. The number of nitrogen functional groups attached to an aromatic ring is 1. The largest absolute Gasteiger partial charge is 0.468 e. The van der Waals surface area contributed by atoms with E-state index in [0.717, 1.165) is 44.2 Å². The fraction of sp³-hybridized carbons (Fsp3) is 0.333. The van der Waals surface area contributed by atoms with Gasteiger partial charge in [0, 0.05) is 26.2 Å². The van der Waals surface area contributed by atoms with Crippen LogP contribution in [0.3, 0.4) is 0 Å². The van der Waals surface area contributed by atoms with Crippen LogP contribution in [0.2, 0.25) is 0 Å². The Bertz CT molecular complexity index is 563. The summed E-state index contributed by atoms with van der Waals surface area (Å²) in [6, 6.07) is 8.49. The van der Waals surface area contributed by atoms with E-state index in [9.17, 15) is 4.39 Å². The Balaban J connectivity index is 1.60. The van der Waals surface area contributed by atoms with Crippen LogP contribution in [0.25, 0.3) is 0 Å². The summed E-state index contributed by atoms with van der Waals surface area (Å²) < 4.78 is 18.4. The number of piperazine rings is 1. The second-order valence-electron chi connectivity index (χ2n) is 5.05. The van der Waals surface area contributed by atoms with E-state index in [1.165, 1.54) is 12.1 Å². The minimum Gasteiger partial charge on any atom is -0.468 e. The quantitative estimate of drug-likeness (QED) is 0.873. The van der Waals surface area contributed by atoms with Gasteiger partial charge in [-0.2, -0.15) is 0 Å². The summed E-state index contributed by atoms with van der Waals surface area (Å²) in [5.41, 5.74) is 7.31. The number of anilines is 2. The molecule has 1 fully saturated rings. The van der Waals surface area contributed by atoms with Gasteiger partial charge in [0.25, 0.3) is 0 Å². The van der Waals surface area contributed by atoms with Crippen molar-refractivity contribution in [2.24, 2.45) is 0 Å². The fourth-order valence-corrected chi connectivity index (χ4v) is 2.58. The number of benzene rings is 1. The summed E-state index contributed by atoms with van der Waals surface area (Å²) in [5.74, 6) is 0.697. The van der Waals surface area contributed by atoms with Crippen LogP contribution in [0, 0.1) is 5.82 Å². The first-order chi connectivity index (χ1) is 9.72. The van der Waals surface area contributed by atoms with Gasteiger partial charge in [0.2, 0.25) is 0 Å². The van der Waals surface area contributed by atoms with Gasteiger partial charge in [0.05, 0.1) is 24.2 Å². The van der Waals surface area contributed by atoms with Gasteiger partial charge in [-0.3, -0.25) is 4.90 Å². The average Bonchev–Trinajstić information content (AvgIpc) is 2.93. The Morgan fingerprint density at radius 2 is 1.95 bits per heavy atom. The molecule has 2 N–H and O–H groups in total. The average molecular weight is 275 g/mol. The standard InChI is InChI=1S/C15H18FN3O/c16-12-3-4-15(14(17)10-12)19-7-5-18(6-8-19)11-13-2-1-9-20-13/h1-4,9-10H,5-8,11,17H2. The van der Waals surface area contributed by atoms with E-state index in [1.54, 1.807) is 12.3 Å². The van der Waals surface area contributed by atoms with Gasteiger partial charge in [0.15, 0.2) is 0 Å². The van der Waals surface area contributed by atoms with Crippen LogP contribution in [0.5, 0.6) is 0 Å². The van der Waals surface area contributed by atoms with Crippen molar-refractivity contribution in [1.82, 2.24) is 4.90 Å². The molecule has 2 heterocycles. The lowest BCUT2D eigenvalue weighted by molar-refractivity contribution is 0.230. The van der Waals surface area contributed by atoms with Crippen LogP contribution in [-0.2, 0) is 6.54 Å². The molecular weight excluding hydrogens is 257 g/mol. The second-order valence-corrected chi connectivity index (χ2v) is 5.05. The number of nitrogens with two attached hydrogens (primary N) is 1. The van der Waals surface area contributed by atoms with Crippen molar-refractivity contribution in [1.29, 1.82) is 0 Å². The molecule has 0 bridgehead atoms.